The number of halogens is 2. The van der Waals surface area contributed by atoms with E-state index in [1.807, 2.05) is 65.0 Å². The normalized spacial score (nSPS) is 19.0. The Labute approximate surface area is 264 Å². The van der Waals surface area contributed by atoms with E-state index in [9.17, 15) is 18.0 Å². The number of hydrogen-bond acceptors (Lipinski definition) is 5. The zero-order valence-electron chi connectivity index (χ0n) is 24.9. The summed E-state index contributed by atoms with van der Waals surface area (Å²) in [6, 6.07) is 19.1. The van der Waals surface area contributed by atoms with Gasteiger partial charge in [0.05, 0.1) is 29.3 Å². The van der Waals surface area contributed by atoms with E-state index in [0.717, 1.165) is 5.56 Å². The molecule has 3 atom stereocenters. The Kier molecular flexibility index (Phi) is 9.99. The van der Waals surface area contributed by atoms with Crippen LogP contribution in [0.5, 0.6) is 0 Å². The summed E-state index contributed by atoms with van der Waals surface area (Å²) in [5, 5.41) is 3.48. The van der Waals surface area contributed by atoms with Crippen molar-refractivity contribution in [3.63, 3.8) is 0 Å². The summed E-state index contributed by atoms with van der Waals surface area (Å²) >= 11 is 12.6. The molecule has 1 heterocycles. The number of nitrogens with zero attached hydrogens (tertiary/aromatic N) is 2. The number of amides is 2. The summed E-state index contributed by atoms with van der Waals surface area (Å²) in [4.78, 5) is 27.8. The molecular weight excluding hydrogens is 609 g/mol. The lowest BCUT2D eigenvalue weighted by Crippen LogP contribution is -2.59. The predicted octanol–water partition coefficient (Wildman–Crippen LogP) is 7.15. The summed E-state index contributed by atoms with van der Waals surface area (Å²) in [5.74, 6) is -0.400. The number of benzene rings is 3. The van der Waals surface area contributed by atoms with Crippen molar-refractivity contribution in [2.75, 3.05) is 10.8 Å². The quantitative estimate of drug-likeness (QED) is 0.294. The van der Waals surface area contributed by atoms with E-state index in [0.29, 0.717) is 23.7 Å². The van der Waals surface area contributed by atoms with E-state index in [-0.39, 0.29) is 40.0 Å². The number of carbonyl (C=O) groups excluding carboxylic acids is 2. The molecule has 3 unspecified atom stereocenters. The second kappa shape index (κ2) is 13.2. The van der Waals surface area contributed by atoms with E-state index >= 15 is 0 Å². The molecule has 1 aliphatic heterocycles. The number of nitrogens with one attached hydrogen (secondary N) is 1. The van der Waals surface area contributed by atoms with Gasteiger partial charge < -0.3 is 15.0 Å². The van der Waals surface area contributed by atoms with Crippen molar-refractivity contribution in [3.05, 3.63) is 94.0 Å². The third-order valence-electron chi connectivity index (χ3n) is 7.42. The molecule has 1 saturated heterocycles. The Bertz CT molecular complexity index is 1560. The Morgan fingerprint density at radius 2 is 1.65 bits per heavy atom. The Hall–Kier alpha value is -3.27. The fourth-order valence-electron chi connectivity index (χ4n) is 5.10. The Morgan fingerprint density at radius 1 is 1.00 bits per heavy atom. The van der Waals surface area contributed by atoms with Crippen LogP contribution >= 0.6 is 23.2 Å². The third-order valence-corrected chi connectivity index (χ3v) is 9.93. The van der Waals surface area contributed by atoms with Crippen LogP contribution < -0.4 is 9.62 Å². The van der Waals surface area contributed by atoms with E-state index in [2.05, 4.69) is 5.32 Å². The average molecular weight is 647 g/mol. The molecule has 0 aliphatic carbocycles. The first-order valence-electron chi connectivity index (χ1n) is 14.1. The van der Waals surface area contributed by atoms with Crippen molar-refractivity contribution in [3.8, 4) is 0 Å². The van der Waals surface area contributed by atoms with Gasteiger partial charge in [0, 0.05) is 17.1 Å². The number of sulfonamides is 1. The zero-order chi connectivity index (χ0) is 31.5. The van der Waals surface area contributed by atoms with Crippen LogP contribution in [0.2, 0.25) is 10.0 Å². The van der Waals surface area contributed by atoms with E-state index in [4.69, 9.17) is 27.9 Å². The van der Waals surface area contributed by atoms with E-state index < -0.39 is 27.6 Å². The van der Waals surface area contributed by atoms with Crippen LogP contribution in [-0.2, 0) is 21.3 Å². The Balaban J connectivity index is 1.63. The lowest BCUT2D eigenvalue weighted by Gasteiger charge is -2.43. The van der Waals surface area contributed by atoms with Crippen LogP contribution in [-0.4, -0.2) is 49.5 Å². The third kappa shape index (κ3) is 7.82. The van der Waals surface area contributed by atoms with Gasteiger partial charge in [0.15, 0.2) is 0 Å². The highest BCUT2D eigenvalue weighted by molar-refractivity contribution is 7.93. The van der Waals surface area contributed by atoms with Gasteiger partial charge in [-0.05, 0) is 88.1 Å². The van der Waals surface area contributed by atoms with Crippen molar-refractivity contribution in [2.45, 2.75) is 70.2 Å². The lowest BCUT2D eigenvalue weighted by atomic mass is 9.87. The minimum Gasteiger partial charge on any atom is -0.444 e. The van der Waals surface area contributed by atoms with Crippen molar-refractivity contribution in [2.24, 2.45) is 5.92 Å². The molecule has 43 heavy (non-hydrogen) atoms. The minimum absolute atomic E-state index is 0.0147. The molecule has 0 radical (unpaired) electrons. The average Bonchev–Trinajstić information content (AvgIpc) is 2.94. The molecule has 2 amide bonds. The maximum absolute atomic E-state index is 14.2. The highest BCUT2D eigenvalue weighted by atomic mass is 35.5. The summed E-state index contributed by atoms with van der Waals surface area (Å²) < 4.78 is 35.1. The van der Waals surface area contributed by atoms with E-state index in [1.165, 1.54) is 22.5 Å². The number of carbonyl (C=O) groups is 2. The molecule has 1 fully saturated rings. The van der Waals surface area contributed by atoms with Gasteiger partial charge in [0.25, 0.3) is 15.9 Å². The number of hydrogen-bond donors (Lipinski definition) is 1. The topological polar surface area (TPSA) is 96.0 Å². The first kappa shape index (κ1) is 32.6. The molecule has 0 spiro atoms. The van der Waals surface area contributed by atoms with Gasteiger partial charge in [-0.15, -0.1) is 0 Å². The molecule has 230 valence electrons. The SMILES string of the molecule is CC1CCN(C(=O)OC(C)(C)C)C(C)C1NC(=O)c1ccc(Cl)c(S(=O)(=O)N(Cc2ccccc2)c2ccc(Cl)cc2)c1. The van der Waals surface area contributed by atoms with E-state index in [1.54, 1.807) is 29.2 Å². The summed E-state index contributed by atoms with van der Waals surface area (Å²) in [7, 11) is -4.24. The second-order valence-electron chi connectivity index (χ2n) is 11.8. The number of piperidine rings is 1. The molecule has 0 bridgehead atoms. The molecule has 0 saturated carbocycles. The van der Waals surface area contributed by atoms with Crippen LogP contribution in [0.3, 0.4) is 0 Å². The molecule has 8 nitrogen and oxygen atoms in total. The number of rotatable bonds is 7. The first-order chi connectivity index (χ1) is 20.2. The van der Waals surface area contributed by atoms with Gasteiger partial charge in [-0.2, -0.15) is 0 Å². The van der Waals surface area contributed by atoms with Gasteiger partial charge in [-0.25, -0.2) is 13.2 Å². The molecule has 11 heteroatoms. The first-order valence-corrected chi connectivity index (χ1v) is 16.3. The smallest absolute Gasteiger partial charge is 0.410 e. The van der Waals surface area contributed by atoms with Crippen LogP contribution in [0.15, 0.2) is 77.7 Å². The van der Waals surface area contributed by atoms with Crippen LogP contribution in [0.1, 0.15) is 57.0 Å². The van der Waals surface area contributed by atoms with Gasteiger partial charge in [0.1, 0.15) is 10.5 Å². The maximum atomic E-state index is 14.2. The number of anilines is 1. The fraction of sp³-hybridized carbons (Fsp3) is 0.375. The fourth-order valence-corrected chi connectivity index (χ4v) is 7.19. The molecule has 1 N–H and O–H groups in total. The van der Waals surface area contributed by atoms with Crippen LogP contribution in [0, 0.1) is 5.92 Å². The molecule has 0 aromatic heterocycles. The Morgan fingerprint density at radius 3 is 2.28 bits per heavy atom. The van der Waals surface area contributed by atoms with Crippen molar-refractivity contribution in [1.82, 2.24) is 10.2 Å². The summed E-state index contributed by atoms with van der Waals surface area (Å²) in [6.45, 7) is 9.85. The van der Waals surface area contributed by atoms with Crippen molar-refractivity contribution < 1.29 is 22.7 Å². The predicted molar refractivity (Wildman–Crippen MR) is 170 cm³/mol. The molecule has 4 rings (SSSR count). The number of ether oxygens (including phenoxy) is 1. The molecule has 1 aliphatic rings. The minimum atomic E-state index is -4.24. The largest absolute Gasteiger partial charge is 0.444 e. The maximum Gasteiger partial charge on any atom is 0.410 e. The molecule has 3 aromatic rings. The second-order valence-corrected chi connectivity index (χ2v) is 14.5. The monoisotopic (exact) mass is 645 g/mol. The number of likely N-dealkylation sites (tertiary alicyclic amines) is 1. The van der Waals surface area contributed by atoms with Gasteiger partial charge in [0.2, 0.25) is 0 Å². The summed E-state index contributed by atoms with van der Waals surface area (Å²) in [6.07, 6.45) is 0.233. The van der Waals surface area contributed by atoms with Gasteiger partial charge in [-0.3, -0.25) is 9.10 Å². The van der Waals surface area contributed by atoms with Crippen LogP contribution in [0.4, 0.5) is 10.5 Å². The highest BCUT2D eigenvalue weighted by Gasteiger charge is 2.38. The van der Waals surface area contributed by atoms with Gasteiger partial charge in [-0.1, -0.05) is 60.5 Å². The van der Waals surface area contributed by atoms with Crippen molar-refractivity contribution in [1.29, 1.82) is 0 Å². The summed E-state index contributed by atoms with van der Waals surface area (Å²) in [5.41, 5.74) is 0.643. The molecule has 3 aromatic carbocycles. The van der Waals surface area contributed by atoms with Crippen LogP contribution in [0.25, 0.3) is 0 Å². The molecular formula is C32H37Cl2N3O5S. The van der Waals surface area contributed by atoms with Gasteiger partial charge >= 0.3 is 6.09 Å². The zero-order valence-corrected chi connectivity index (χ0v) is 27.2. The highest BCUT2D eigenvalue weighted by Crippen LogP contribution is 2.32. The van der Waals surface area contributed by atoms with Crippen molar-refractivity contribution >= 4 is 50.9 Å². The standard InChI is InChI=1S/C32H37Cl2N3O5S/c1-21-17-18-36(31(39)42-32(3,4)5)22(2)29(21)35-30(38)24-11-16-27(34)28(19-24)43(40,41)37(20-23-9-7-6-8-10-23)26-14-12-25(33)13-15-26/h6-16,19,21-22,29H,17-18,20H2,1-5H3,(H,35,38). The lowest BCUT2D eigenvalue weighted by molar-refractivity contribution is 0.000867.